The molecule has 0 bridgehead atoms. The smallest absolute Gasteiger partial charge is 0.328 e. The minimum absolute atomic E-state index is 0.219. The number of fused-ring (bicyclic) bond motifs is 1. The van der Waals surface area contributed by atoms with E-state index >= 15 is 0 Å². The summed E-state index contributed by atoms with van der Waals surface area (Å²) < 4.78 is 12.0. The zero-order valence-corrected chi connectivity index (χ0v) is 10.5. The van der Waals surface area contributed by atoms with Crippen molar-refractivity contribution in [1.82, 2.24) is 9.88 Å². The summed E-state index contributed by atoms with van der Waals surface area (Å²) in [6, 6.07) is 9.27. The van der Waals surface area contributed by atoms with E-state index < -0.39 is 0 Å². The number of aromatic nitrogens is 1. The first kappa shape index (κ1) is 12.4. The van der Waals surface area contributed by atoms with E-state index in [4.69, 9.17) is 9.47 Å². The summed E-state index contributed by atoms with van der Waals surface area (Å²) in [6.07, 6.45) is 0. The molecular formula is C13H16N2O3. The van der Waals surface area contributed by atoms with E-state index in [-0.39, 0.29) is 6.03 Å². The van der Waals surface area contributed by atoms with Crippen LogP contribution >= 0.6 is 0 Å². The van der Waals surface area contributed by atoms with Gasteiger partial charge in [0.2, 0.25) is 5.88 Å². The molecule has 1 heterocycles. The van der Waals surface area contributed by atoms with Gasteiger partial charge in [-0.1, -0.05) is 18.2 Å². The van der Waals surface area contributed by atoms with Crippen LogP contribution in [0.5, 0.6) is 5.88 Å². The largest absolute Gasteiger partial charge is 0.476 e. The van der Waals surface area contributed by atoms with Gasteiger partial charge < -0.3 is 14.8 Å². The highest BCUT2D eigenvalue weighted by atomic mass is 16.5. The minimum atomic E-state index is -0.219. The van der Waals surface area contributed by atoms with Crippen molar-refractivity contribution >= 4 is 16.9 Å². The lowest BCUT2D eigenvalue weighted by atomic mass is 10.2. The molecule has 0 atom stereocenters. The lowest BCUT2D eigenvalue weighted by molar-refractivity contribution is 0.142. The lowest BCUT2D eigenvalue weighted by Gasteiger charge is -2.09. The van der Waals surface area contributed by atoms with Gasteiger partial charge in [0.25, 0.3) is 0 Å². The van der Waals surface area contributed by atoms with Crippen molar-refractivity contribution in [3.05, 3.63) is 30.3 Å². The molecule has 1 aromatic carbocycles. The Bertz CT molecular complexity index is 548. The molecule has 0 radical (unpaired) electrons. The predicted molar refractivity (Wildman–Crippen MR) is 69.2 cm³/mol. The Morgan fingerprint density at radius 3 is 2.83 bits per heavy atom. The van der Waals surface area contributed by atoms with Gasteiger partial charge in [-0.25, -0.2) is 9.36 Å². The molecule has 1 amide bonds. The molecule has 0 saturated heterocycles. The van der Waals surface area contributed by atoms with E-state index in [2.05, 4.69) is 5.32 Å². The summed E-state index contributed by atoms with van der Waals surface area (Å²) in [5.74, 6) is 0.521. The SMILES string of the molecule is CNC(=O)n1c(OCCOC)cc2ccccc21. The van der Waals surface area contributed by atoms with Crippen molar-refractivity contribution in [2.75, 3.05) is 27.4 Å². The third-order valence-corrected chi connectivity index (χ3v) is 2.63. The molecule has 2 rings (SSSR count). The van der Waals surface area contributed by atoms with Gasteiger partial charge in [-0.15, -0.1) is 0 Å². The normalized spacial score (nSPS) is 10.6. The summed E-state index contributed by atoms with van der Waals surface area (Å²) in [6.45, 7) is 0.888. The number of nitrogens with one attached hydrogen (secondary N) is 1. The van der Waals surface area contributed by atoms with Crippen molar-refractivity contribution in [2.45, 2.75) is 0 Å². The van der Waals surface area contributed by atoms with Crippen molar-refractivity contribution in [3.63, 3.8) is 0 Å². The van der Waals surface area contributed by atoms with Crippen LogP contribution in [-0.2, 0) is 4.74 Å². The highest BCUT2D eigenvalue weighted by Crippen LogP contribution is 2.25. The number of amides is 1. The summed E-state index contributed by atoms with van der Waals surface area (Å²) in [4.78, 5) is 11.9. The van der Waals surface area contributed by atoms with Crippen LogP contribution in [0.3, 0.4) is 0 Å². The zero-order chi connectivity index (χ0) is 13.0. The van der Waals surface area contributed by atoms with E-state index in [1.807, 2.05) is 30.3 Å². The molecule has 96 valence electrons. The zero-order valence-electron chi connectivity index (χ0n) is 10.5. The summed E-state index contributed by atoms with van der Waals surface area (Å²) >= 11 is 0. The van der Waals surface area contributed by atoms with E-state index in [1.165, 1.54) is 4.57 Å². The molecule has 2 aromatic rings. The van der Waals surface area contributed by atoms with Crippen molar-refractivity contribution < 1.29 is 14.3 Å². The average molecular weight is 248 g/mol. The second-order valence-electron chi connectivity index (χ2n) is 3.77. The molecule has 0 fully saturated rings. The molecule has 0 spiro atoms. The number of carbonyl (C=O) groups is 1. The monoisotopic (exact) mass is 248 g/mol. The van der Waals surface area contributed by atoms with Gasteiger partial charge in [0.15, 0.2) is 0 Å². The molecule has 0 aliphatic heterocycles. The van der Waals surface area contributed by atoms with Gasteiger partial charge >= 0.3 is 6.03 Å². The van der Waals surface area contributed by atoms with Crippen molar-refractivity contribution in [1.29, 1.82) is 0 Å². The van der Waals surface area contributed by atoms with Crippen LogP contribution < -0.4 is 10.1 Å². The average Bonchev–Trinajstić information content (AvgIpc) is 2.76. The fourth-order valence-corrected chi connectivity index (χ4v) is 1.79. The summed E-state index contributed by atoms with van der Waals surface area (Å²) in [5.41, 5.74) is 0.823. The van der Waals surface area contributed by atoms with Crippen molar-refractivity contribution in [2.24, 2.45) is 0 Å². The quantitative estimate of drug-likeness (QED) is 0.840. The molecular weight excluding hydrogens is 232 g/mol. The third-order valence-electron chi connectivity index (χ3n) is 2.63. The molecule has 1 N–H and O–H groups in total. The molecule has 0 saturated carbocycles. The first-order chi connectivity index (χ1) is 8.77. The van der Waals surface area contributed by atoms with Crippen molar-refractivity contribution in [3.8, 4) is 5.88 Å². The summed E-state index contributed by atoms with van der Waals surface area (Å²) in [7, 11) is 3.20. The lowest BCUT2D eigenvalue weighted by Crippen LogP contribution is -2.25. The van der Waals surface area contributed by atoms with E-state index in [9.17, 15) is 4.79 Å². The second kappa shape index (κ2) is 5.55. The van der Waals surface area contributed by atoms with Gasteiger partial charge in [0.05, 0.1) is 12.1 Å². The molecule has 1 aromatic heterocycles. The maximum atomic E-state index is 11.9. The number of ether oxygens (including phenoxy) is 2. The van der Waals surface area contributed by atoms with Gasteiger partial charge in [-0.05, 0) is 6.07 Å². The first-order valence-electron chi connectivity index (χ1n) is 5.72. The number of para-hydroxylation sites is 1. The van der Waals surface area contributed by atoms with Crippen LogP contribution in [0.2, 0.25) is 0 Å². The second-order valence-corrected chi connectivity index (χ2v) is 3.77. The highest BCUT2D eigenvalue weighted by molar-refractivity contribution is 5.93. The third kappa shape index (κ3) is 2.31. The van der Waals surface area contributed by atoms with Gasteiger partial charge in [0.1, 0.15) is 6.61 Å². The Morgan fingerprint density at radius 1 is 1.33 bits per heavy atom. The number of rotatable bonds is 4. The van der Waals surface area contributed by atoms with Crippen LogP contribution in [0, 0.1) is 0 Å². The molecule has 5 heteroatoms. The Balaban J connectivity index is 2.40. The fourth-order valence-electron chi connectivity index (χ4n) is 1.79. The van der Waals surface area contributed by atoms with Gasteiger partial charge in [0, 0.05) is 25.6 Å². The van der Waals surface area contributed by atoms with Gasteiger partial charge in [-0.3, -0.25) is 0 Å². The van der Waals surface area contributed by atoms with Crippen LogP contribution in [-0.4, -0.2) is 38.0 Å². The van der Waals surface area contributed by atoms with Crippen LogP contribution in [0.4, 0.5) is 4.79 Å². The van der Waals surface area contributed by atoms with Crippen LogP contribution in [0.1, 0.15) is 0 Å². The molecule has 0 unspecified atom stereocenters. The Morgan fingerprint density at radius 2 is 2.11 bits per heavy atom. The first-order valence-corrected chi connectivity index (χ1v) is 5.72. The van der Waals surface area contributed by atoms with E-state index in [0.29, 0.717) is 19.1 Å². The van der Waals surface area contributed by atoms with E-state index in [1.54, 1.807) is 14.2 Å². The molecule has 0 aliphatic carbocycles. The maximum absolute atomic E-state index is 11.9. The molecule has 0 aliphatic rings. The number of hydrogen-bond acceptors (Lipinski definition) is 3. The standard InChI is InChI=1S/C13H16N2O3/c1-14-13(16)15-11-6-4-3-5-10(11)9-12(15)18-8-7-17-2/h3-6,9H,7-8H2,1-2H3,(H,14,16). The fraction of sp³-hybridized carbons (Fsp3) is 0.308. The number of carbonyl (C=O) groups excluding carboxylic acids is 1. The minimum Gasteiger partial charge on any atom is -0.476 e. The van der Waals surface area contributed by atoms with Crippen LogP contribution in [0.15, 0.2) is 30.3 Å². The van der Waals surface area contributed by atoms with Gasteiger partial charge in [-0.2, -0.15) is 0 Å². The van der Waals surface area contributed by atoms with E-state index in [0.717, 1.165) is 10.9 Å². The molecule has 5 nitrogen and oxygen atoms in total. The number of benzene rings is 1. The highest BCUT2D eigenvalue weighted by Gasteiger charge is 2.14. The Kier molecular flexibility index (Phi) is 3.84. The molecule has 18 heavy (non-hydrogen) atoms. The Labute approximate surface area is 105 Å². The maximum Gasteiger partial charge on any atom is 0.328 e. The number of nitrogens with zero attached hydrogens (tertiary/aromatic N) is 1. The topological polar surface area (TPSA) is 52.5 Å². The summed E-state index contributed by atoms with van der Waals surface area (Å²) in [5, 5.41) is 3.57. The number of hydrogen-bond donors (Lipinski definition) is 1. The Hall–Kier alpha value is -2.01. The van der Waals surface area contributed by atoms with Crippen LogP contribution in [0.25, 0.3) is 10.9 Å². The predicted octanol–water partition coefficient (Wildman–Crippen LogP) is 1.85. The number of methoxy groups -OCH3 is 1.